The van der Waals surface area contributed by atoms with E-state index in [-0.39, 0.29) is 56.9 Å². The lowest BCUT2D eigenvalue weighted by Gasteiger charge is -2.70. The summed E-state index contributed by atoms with van der Waals surface area (Å²) < 4.78 is 11.4. The summed E-state index contributed by atoms with van der Waals surface area (Å²) in [5.74, 6) is 0.930. The monoisotopic (exact) mass is 581 g/mol. The van der Waals surface area contributed by atoms with Crippen molar-refractivity contribution in [1.29, 1.82) is 0 Å². The fraction of sp³-hybridized carbons (Fsp3) is 0.861. The minimum absolute atomic E-state index is 0.0376. The first-order valence-corrected chi connectivity index (χ1v) is 16.8. The number of nitrogens with zero attached hydrogens (tertiary/aromatic N) is 1. The lowest BCUT2D eigenvalue weighted by atomic mass is 9.33. The predicted octanol–water partition coefficient (Wildman–Crippen LogP) is 6.76. The van der Waals surface area contributed by atoms with Crippen molar-refractivity contribution in [2.45, 2.75) is 119 Å². The number of esters is 1. The average Bonchev–Trinajstić information content (AvgIpc) is 2.92. The number of hydrogen-bond acceptors (Lipinski definition) is 5. The van der Waals surface area contributed by atoms with Gasteiger partial charge in [0.1, 0.15) is 6.10 Å². The lowest BCUT2D eigenvalue weighted by molar-refractivity contribution is -0.210. The molecule has 0 radical (unpaired) electrons. The van der Waals surface area contributed by atoms with Gasteiger partial charge in [0.25, 0.3) is 0 Å². The highest BCUT2D eigenvalue weighted by atomic mass is 16.5. The van der Waals surface area contributed by atoms with E-state index in [2.05, 4.69) is 54.5 Å². The maximum absolute atomic E-state index is 14.6. The van der Waals surface area contributed by atoms with Crippen molar-refractivity contribution < 1.29 is 23.9 Å². The molecule has 6 rings (SSSR count). The molecule has 9 atom stereocenters. The standard InChI is InChI=1S/C36H55NO5/c1-23(38)42-28-10-11-34(6)27(31(28,2)3)9-12-36(8)29(34)26(39)21-24-25-22-33(5,30(40)37-17-19-41-20-18-37)14-13-32(25,4)15-16-35(24,36)7/h21,25,27-29H,9-20,22H2,1-8H3/t25-,27-,28-,29-,32-,33+,34+,35+,36-/m1/s1. The lowest BCUT2D eigenvalue weighted by Crippen LogP contribution is -2.67. The van der Waals surface area contributed by atoms with E-state index in [0.29, 0.717) is 38.0 Å². The van der Waals surface area contributed by atoms with E-state index in [9.17, 15) is 14.4 Å². The van der Waals surface area contributed by atoms with Crippen LogP contribution in [0.15, 0.2) is 11.6 Å². The van der Waals surface area contributed by atoms with Crippen LogP contribution in [0.1, 0.15) is 113 Å². The normalized spacial score (nSPS) is 48.1. The van der Waals surface area contributed by atoms with E-state index in [1.165, 1.54) is 12.5 Å². The second-order valence-electron chi connectivity index (χ2n) is 17.1. The molecule has 1 amide bonds. The summed E-state index contributed by atoms with van der Waals surface area (Å²) in [5.41, 5.74) is 0.573. The predicted molar refractivity (Wildman–Crippen MR) is 162 cm³/mol. The van der Waals surface area contributed by atoms with Gasteiger partial charge in [0, 0.05) is 36.8 Å². The average molecular weight is 582 g/mol. The van der Waals surface area contributed by atoms with Crippen molar-refractivity contribution in [3.8, 4) is 0 Å². The van der Waals surface area contributed by atoms with Gasteiger partial charge in [-0.15, -0.1) is 0 Å². The summed E-state index contributed by atoms with van der Waals surface area (Å²) in [7, 11) is 0. The largest absolute Gasteiger partial charge is 0.462 e. The zero-order valence-corrected chi connectivity index (χ0v) is 27.6. The molecule has 0 spiro atoms. The third-order valence-corrected chi connectivity index (χ3v) is 14.6. The highest BCUT2D eigenvalue weighted by molar-refractivity contribution is 5.95. The summed E-state index contributed by atoms with van der Waals surface area (Å²) in [6.45, 7) is 20.6. The Labute approximate surface area is 253 Å². The summed E-state index contributed by atoms with van der Waals surface area (Å²) in [6.07, 6.45) is 10.9. The maximum atomic E-state index is 14.6. The van der Waals surface area contributed by atoms with E-state index in [4.69, 9.17) is 9.47 Å². The fourth-order valence-corrected chi connectivity index (χ4v) is 11.9. The highest BCUT2D eigenvalue weighted by Gasteiger charge is 2.70. The van der Waals surface area contributed by atoms with Crippen molar-refractivity contribution >= 4 is 17.7 Å². The Kier molecular flexibility index (Phi) is 6.97. The molecule has 0 unspecified atom stereocenters. The van der Waals surface area contributed by atoms with E-state index in [1.807, 2.05) is 4.90 Å². The SMILES string of the molecule is CC(=O)O[C@@H]1CC[C@@]2(C)[C@H](CC[C@]3(C)[C@@H]2C(=O)C=C2[C@H]4C[C@@](C)(C(=O)N5CCOCC5)CC[C@]4(C)CC[C@@]23C)C1(C)C. The molecule has 0 N–H and O–H groups in total. The van der Waals surface area contributed by atoms with E-state index < -0.39 is 5.41 Å². The molecule has 6 heteroatoms. The van der Waals surface area contributed by atoms with Crippen molar-refractivity contribution in [3.05, 3.63) is 11.6 Å². The van der Waals surface area contributed by atoms with Crippen molar-refractivity contribution in [2.24, 2.45) is 50.2 Å². The van der Waals surface area contributed by atoms with Crippen LogP contribution < -0.4 is 0 Å². The van der Waals surface area contributed by atoms with Crippen LogP contribution in [0.2, 0.25) is 0 Å². The molecule has 0 bridgehead atoms. The zero-order chi connectivity index (χ0) is 30.5. The van der Waals surface area contributed by atoms with E-state index in [0.717, 1.165) is 57.8 Å². The number of carbonyl (C=O) groups excluding carboxylic acids is 3. The van der Waals surface area contributed by atoms with Crippen LogP contribution in [-0.4, -0.2) is 55.0 Å². The molecule has 5 fully saturated rings. The maximum Gasteiger partial charge on any atom is 0.302 e. The molecule has 42 heavy (non-hydrogen) atoms. The number of allylic oxidation sites excluding steroid dienone is 2. The molecular formula is C36H55NO5. The van der Waals surface area contributed by atoms with Crippen LogP contribution in [0.4, 0.5) is 0 Å². The molecule has 1 aliphatic heterocycles. The quantitative estimate of drug-likeness (QED) is 0.337. The summed E-state index contributed by atoms with van der Waals surface area (Å²) in [4.78, 5) is 42.6. The van der Waals surface area contributed by atoms with Crippen LogP contribution in [0.25, 0.3) is 0 Å². The van der Waals surface area contributed by atoms with Gasteiger partial charge in [0.2, 0.25) is 5.91 Å². The van der Waals surface area contributed by atoms with Gasteiger partial charge in [-0.25, -0.2) is 0 Å². The van der Waals surface area contributed by atoms with Crippen LogP contribution >= 0.6 is 0 Å². The summed E-state index contributed by atoms with van der Waals surface area (Å²) in [5, 5.41) is 0. The van der Waals surface area contributed by atoms with Gasteiger partial charge in [-0.2, -0.15) is 0 Å². The molecule has 4 saturated carbocycles. The van der Waals surface area contributed by atoms with E-state index >= 15 is 0 Å². The van der Waals surface area contributed by atoms with Gasteiger partial charge < -0.3 is 14.4 Å². The minimum atomic E-state index is -0.399. The number of carbonyl (C=O) groups is 3. The van der Waals surface area contributed by atoms with Crippen LogP contribution in [0, 0.1) is 50.2 Å². The molecule has 0 aromatic rings. The first-order valence-electron chi connectivity index (χ1n) is 16.8. The molecule has 1 saturated heterocycles. The molecule has 1 heterocycles. The second-order valence-corrected chi connectivity index (χ2v) is 17.1. The molecule has 6 nitrogen and oxygen atoms in total. The number of ketones is 1. The van der Waals surface area contributed by atoms with Gasteiger partial charge in [0.05, 0.1) is 13.2 Å². The number of hydrogen-bond donors (Lipinski definition) is 0. The topological polar surface area (TPSA) is 72.9 Å². The highest BCUT2D eigenvalue weighted by Crippen LogP contribution is 2.75. The number of rotatable bonds is 2. The number of amides is 1. The van der Waals surface area contributed by atoms with Gasteiger partial charge in [-0.3, -0.25) is 14.4 Å². The summed E-state index contributed by atoms with van der Waals surface area (Å²) in [6, 6.07) is 0. The Morgan fingerprint density at radius 1 is 0.905 bits per heavy atom. The fourth-order valence-electron chi connectivity index (χ4n) is 11.9. The Balaban J connectivity index is 1.36. The van der Waals surface area contributed by atoms with Gasteiger partial charge in [-0.1, -0.05) is 54.0 Å². The van der Waals surface area contributed by atoms with Gasteiger partial charge >= 0.3 is 5.97 Å². The number of morpholine rings is 1. The summed E-state index contributed by atoms with van der Waals surface area (Å²) >= 11 is 0. The molecule has 0 aromatic carbocycles. The van der Waals surface area contributed by atoms with Crippen LogP contribution in [0.3, 0.4) is 0 Å². The Bertz CT molecular complexity index is 1200. The van der Waals surface area contributed by atoms with E-state index in [1.54, 1.807) is 0 Å². The van der Waals surface area contributed by atoms with Crippen molar-refractivity contribution in [3.63, 3.8) is 0 Å². The third kappa shape index (κ3) is 4.08. The minimum Gasteiger partial charge on any atom is -0.462 e. The van der Waals surface area contributed by atoms with Gasteiger partial charge in [0.15, 0.2) is 5.78 Å². The molecule has 5 aliphatic carbocycles. The van der Waals surface area contributed by atoms with Gasteiger partial charge in [-0.05, 0) is 97.4 Å². The first kappa shape index (κ1) is 30.3. The number of ether oxygens (including phenoxy) is 2. The van der Waals surface area contributed by atoms with Crippen molar-refractivity contribution in [1.82, 2.24) is 4.90 Å². The smallest absolute Gasteiger partial charge is 0.302 e. The number of fused-ring (bicyclic) bond motifs is 7. The van der Waals surface area contributed by atoms with Crippen molar-refractivity contribution in [2.75, 3.05) is 26.3 Å². The Morgan fingerprint density at radius 2 is 1.57 bits per heavy atom. The molecule has 0 aromatic heterocycles. The van der Waals surface area contributed by atoms with Crippen LogP contribution in [-0.2, 0) is 23.9 Å². The molecular weight excluding hydrogens is 526 g/mol. The Hall–Kier alpha value is -1.69. The third-order valence-electron chi connectivity index (χ3n) is 14.6. The Morgan fingerprint density at radius 3 is 2.24 bits per heavy atom. The molecule has 6 aliphatic rings. The molecule has 234 valence electrons. The first-order chi connectivity index (χ1) is 19.5. The second kappa shape index (κ2) is 9.65. The van der Waals surface area contributed by atoms with Crippen LogP contribution in [0.5, 0.6) is 0 Å². The zero-order valence-electron chi connectivity index (χ0n) is 27.6.